The lowest BCUT2D eigenvalue weighted by Gasteiger charge is -2.24. The molecule has 1 heterocycles. The molecule has 1 aliphatic rings. The van der Waals surface area contributed by atoms with E-state index in [0.29, 0.717) is 5.75 Å². The summed E-state index contributed by atoms with van der Waals surface area (Å²) in [6.45, 7) is 6.71. The molecule has 0 aliphatic carbocycles. The Hall–Kier alpha value is -0.590. The van der Waals surface area contributed by atoms with Crippen LogP contribution in [0, 0.1) is 0 Å². The largest absolute Gasteiger partial charge is 0.467 e. The minimum absolute atomic E-state index is 0.217. The smallest absolute Gasteiger partial charge is 0.341 e. The minimum Gasteiger partial charge on any atom is -0.467 e. The Balaban J connectivity index is 3.00. The Kier molecular flexibility index (Phi) is 4.22. The summed E-state index contributed by atoms with van der Waals surface area (Å²) in [5.74, 6) is -0.952. The van der Waals surface area contributed by atoms with Gasteiger partial charge in [-0.15, -0.1) is 0 Å². The third-order valence-electron chi connectivity index (χ3n) is 2.45. The topological polar surface area (TPSA) is 61.8 Å². The van der Waals surface area contributed by atoms with Crippen LogP contribution in [-0.4, -0.2) is 41.4 Å². The van der Waals surface area contributed by atoms with E-state index in [4.69, 9.17) is 9.47 Å². The van der Waals surface area contributed by atoms with E-state index >= 15 is 0 Å². The van der Waals surface area contributed by atoms with Crippen LogP contribution in [0.1, 0.15) is 27.7 Å². The van der Waals surface area contributed by atoms with Gasteiger partial charge in [0.2, 0.25) is 5.12 Å². The highest BCUT2D eigenvalue weighted by atomic mass is 32.2. The van der Waals surface area contributed by atoms with Gasteiger partial charge in [0.25, 0.3) is 0 Å². The molecule has 17 heavy (non-hydrogen) atoms. The number of hydrogen-bond acceptors (Lipinski definition) is 6. The zero-order valence-electron chi connectivity index (χ0n) is 10.7. The molecule has 0 aromatic carbocycles. The highest BCUT2D eigenvalue weighted by molar-refractivity contribution is 8.13. The molecule has 1 aliphatic heterocycles. The first-order chi connectivity index (χ1) is 7.77. The Morgan fingerprint density at radius 1 is 1.35 bits per heavy atom. The number of hydrogen-bond donors (Lipinski definition) is 0. The van der Waals surface area contributed by atoms with Crippen molar-refractivity contribution in [1.82, 2.24) is 0 Å². The molecule has 0 aromatic heterocycles. The van der Waals surface area contributed by atoms with Crippen LogP contribution >= 0.6 is 11.8 Å². The predicted octanol–water partition coefficient (Wildman–Crippen LogP) is 1.35. The molecule has 2 atom stereocenters. The summed E-state index contributed by atoms with van der Waals surface area (Å²) in [5.41, 5.74) is -1.38. The van der Waals surface area contributed by atoms with Gasteiger partial charge in [0.1, 0.15) is 0 Å². The van der Waals surface area contributed by atoms with Crippen molar-refractivity contribution in [3.63, 3.8) is 0 Å². The minimum atomic E-state index is -1.38. The van der Waals surface area contributed by atoms with Crippen molar-refractivity contribution in [3.05, 3.63) is 0 Å². The van der Waals surface area contributed by atoms with Gasteiger partial charge in [-0.05, 0) is 26.5 Å². The summed E-state index contributed by atoms with van der Waals surface area (Å²) in [6, 6.07) is 0. The Morgan fingerprint density at radius 2 is 1.94 bits per heavy atom. The Morgan fingerprint density at radius 3 is 2.41 bits per heavy atom. The number of carbonyl (C=O) groups excluding carboxylic acids is 2. The average Bonchev–Trinajstić information content (AvgIpc) is 2.49. The van der Waals surface area contributed by atoms with Crippen LogP contribution in [0.2, 0.25) is 0 Å². The van der Waals surface area contributed by atoms with E-state index in [9.17, 15) is 9.59 Å². The molecule has 1 rings (SSSR count). The lowest BCUT2D eigenvalue weighted by Crippen LogP contribution is -2.48. The highest BCUT2D eigenvalue weighted by Gasteiger charge is 2.58. The lowest BCUT2D eigenvalue weighted by atomic mass is 10.0. The first kappa shape index (κ1) is 14.5. The van der Waals surface area contributed by atoms with Crippen molar-refractivity contribution >= 4 is 22.8 Å². The fourth-order valence-corrected chi connectivity index (χ4v) is 2.54. The van der Waals surface area contributed by atoms with Gasteiger partial charge in [0.05, 0.1) is 7.11 Å². The number of rotatable bonds is 3. The van der Waals surface area contributed by atoms with E-state index in [1.807, 2.05) is 6.92 Å². The zero-order valence-corrected chi connectivity index (χ0v) is 11.6. The molecule has 1 fully saturated rings. The van der Waals surface area contributed by atoms with Crippen LogP contribution in [0.5, 0.6) is 0 Å². The molecule has 0 radical (unpaired) electrons. The van der Waals surface area contributed by atoms with E-state index in [2.05, 4.69) is 4.74 Å². The fraction of sp³-hybridized carbons (Fsp3) is 0.818. The van der Waals surface area contributed by atoms with E-state index in [0.717, 1.165) is 11.8 Å². The highest BCUT2D eigenvalue weighted by Crippen LogP contribution is 2.39. The second-order valence-electron chi connectivity index (χ2n) is 4.35. The van der Waals surface area contributed by atoms with Gasteiger partial charge in [0, 0.05) is 0 Å². The predicted molar refractivity (Wildman–Crippen MR) is 63.6 cm³/mol. The fourth-order valence-electron chi connectivity index (χ4n) is 1.83. The monoisotopic (exact) mass is 262 g/mol. The average molecular weight is 262 g/mol. The summed E-state index contributed by atoms with van der Waals surface area (Å²) in [6.07, 6.45) is -0.935. The van der Waals surface area contributed by atoms with Crippen LogP contribution in [0.15, 0.2) is 0 Å². The SMILES string of the molecule is CCSC(=O)[C@H]1OC(C)(C)O[C@@]1(C)C(=O)OC. The molecular formula is C11H18O5S. The summed E-state index contributed by atoms with van der Waals surface area (Å²) in [5, 5.41) is -0.217. The van der Waals surface area contributed by atoms with E-state index < -0.39 is 23.5 Å². The van der Waals surface area contributed by atoms with Gasteiger partial charge < -0.3 is 14.2 Å². The van der Waals surface area contributed by atoms with Gasteiger partial charge in [-0.3, -0.25) is 4.79 Å². The zero-order chi connectivity index (χ0) is 13.3. The maximum absolute atomic E-state index is 11.9. The van der Waals surface area contributed by atoms with Crippen LogP contribution in [0.3, 0.4) is 0 Å². The quantitative estimate of drug-likeness (QED) is 0.715. The molecule has 5 nitrogen and oxygen atoms in total. The molecule has 0 amide bonds. The molecule has 0 bridgehead atoms. The van der Waals surface area contributed by atoms with Crippen molar-refractivity contribution in [2.24, 2.45) is 0 Å². The van der Waals surface area contributed by atoms with E-state index in [-0.39, 0.29) is 5.12 Å². The molecule has 0 N–H and O–H groups in total. The summed E-state index contributed by atoms with van der Waals surface area (Å²) >= 11 is 1.11. The molecule has 1 saturated heterocycles. The van der Waals surface area contributed by atoms with Gasteiger partial charge >= 0.3 is 5.97 Å². The summed E-state index contributed by atoms with van der Waals surface area (Å²) in [4.78, 5) is 23.7. The van der Waals surface area contributed by atoms with Gasteiger partial charge in [-0.25, -0.2) is 4.79 Å². The van der Waals surface area contributed by atoms with Crippen LogP contribution in [0.25, 0.3) is 0 Å². The maximum atomic E-state index is 11.9. The molecule has 0 aromatic rings. The number of carbonyl (C=O) groups is 2. The van der Waals surface area contributed by atoms with Crippen LogP contribution < -0.4 is 0 Å². The number of thioether (sulfide) groups is 1. The van der Waals surface area contributed by atoms with E-state index in [1.165, 1.54) is 14.0 Å². The number of ether oxygens (including phenoxy) is 3. The van der Waals surface area contributed by atoms with Crippen molar-refractivity contribution in [2.45, 2.75) is 45.2 Å². The Bertz CT molecular complexity index is 328. The number of methoxy groups -OCH3 is 1. The van der Waals surface area contributed by atoms with Crippen molar-refractivity contribution in [3.8, 4) is 0 Å². The van der Waals surface area contributed by atoms with Gasteiger partial charge in [-0.1, -0.05) is 18.7 Å². The third-order valence-corrected chi connectivity index (χ3v) is 3.24. The first-order valence-corrected chi connectivity index (χ1v) is 6.38. The summed E-state index contributed by atoms with van der Waals surface area (Å²) in [7, 11) is 1.26. The second-order valence-corrected chi connectivity index (χ2v) is 5.62. The van der Waals surface area contributed by atoms with Gasteiger partial charge in [0.15, 0.2) is 17.5 Å². The third kappa shape index (κ3) is 2.81. The van der Waals surface area contributed by atoms with Crippen molar-refractivity contribution in [1.29, 1.82) is 0 Å². The van der Waals surface area contributed by atoms with Crippen LogP contribution in [-0.2, 0) is 23.8 Å². The lowest BCUT2D eigenvalue weighted by molar-refractivity contribution is -0.184. The number of esters is 1. The molecule has 98 valence electrons. The van der Waals surface area contributed by atoms with Crippen molar-refractivity contribution in [2.75, 3.05) is 12.9 Å². The normalized spacial score (nSPS) is 31.2. The van der Waals surface area contributed by atoms with Crippen molar-refractivity contribution < 1.29 is 23.8 Å². The summed E-state index contributed by atoms with van der Waals surface area (Å²) < 4.78 is 15.7. The molecule has 0 spiro atoms. The maximum Gasteiger partial charge on any atom is 0.341 e. The van der Waals surface area contributed by atoms with Gasteiger partial charge in [-0.2, -0.15) is 0 Å². The molecule has 0 saturated carbocycles. The molecule has 6 heteroatoms. The second kappa shape index (κ2) is 4.96. The standard InChI is InChI=1S/C11H18O5S/c1-6-17-8(12)7-11(4,9(13)14-5)16-10(2,3)15-7/h7H,6H2,1-5H3/t7-,11-/m1/s1. The molecule has 0 unspecified atom stereocenters. The van der Waals surface area contributed by atoms with Crippen LogP contribution in [0.4, 0.5) is 0 Å². The van der Waals surface area contributed by atoms with E-state index in [1.54, 1.807) is 13.8 Å². The molecular weight excluding hydrogens is 244 g/mol. The Labute approximate surface area is 105 Å². The first-order valence-electron chi connectivity index (χ1n) is 5.40.